The van der Waals surface area contributed by atoms with Gasteiger partial charge in [0.1, 0.15) is 12.1 Å². The van der Waals surface area contributed by atoms with Gasteiger partial charge in [-0.25, -0.2) is 0 Å². The molecule has 1 aromatic carbocycles. The lowest BCUT2D eigenvalue weighted by molar-refractivity contribution is 0.0895. The van der Waals surface area contributed by atoms with E-state index in [1.165, 1.54) is 21.3 Å². The van der Waals surface area contributed by atoms with Gasteiger partial charge in [0.25, 0.3) is 0 Å². The number of ether oxygens (including phenoxy) is 3. The predicted molar refractivity (Wildman–Crippen MR) is 82.8 cm³/mol. The molecule has 1 heterocycles. The van der Waals surface area contributed by atoms with Crippen molar-refractivity contribution in [2.24, 2.45) is 5.92 Å². The van der Waals surface area contributed by atoms with Gasteiger partial charge >= 0.3 is 0 Å². The van der Waals surface area contributed by atoms with Crippen molar-refractivity contribution >= 4 is 17.3 Å². The van der Waals surface area contributed by atoms with Crippen LogP contribution in [0.4, 0.5) is 0 Å². The van der Waals surface area contributed by atoms with Gasteiger partial charge in [-0.2, -0.15) is 5.26 Å². The fraction of sp³-hybridized carbons (Fsp3) is 0.429. The highest BCUT2D eigenvalue weighted by molar-refractivity contribution is 7.80. The maximum atomic E-state index is 9.98. The summed E-state index contributed by atoms with van der Waals surface area (Å²) < 4.78 is 15.9. The second-order valence-electron chi connectivity index (χ2n) is 4.65. The number of benzene rings is 1. The monoisotopic (exact) mass is 323 g/mol. The van der Waals surface area contributed by atoms with Crippen molar-refractivity contribution in [1.29, 1.82) is 5.26 Å². The zero-order valence-electron chi connectivity index (χ0n) is 12.4. The number of methoxy groups -OCH3 is 3. The molecule has 3 N–H and O–H groups in total. The van der Waals surface area contributed by atoms with Gasteiger partial charge in [-0.3, -0.25) is 0 Å². The van der Waals surface area contributed by atoms with Crippen molar-refractivity contribution in [3.8, 4) is 23.3 Å². The van der Waals surface area contributed by atoms with Gasteiger partial charge in [-0.1, -0.05) is 0 Å². The molecule has 1 saturated heterocycles. The number of nitriles is 1. The van der Waals surface area contributed by atoms with Gasteiger partial charge in [0.05, 0.1) is 33.4 Å². The van der Waals surface area contributed by atoms with Gasteiger partial charge in [-0.15, -0.1) is 0 Å². The quantitative estimate of drug-likeness (QED) is 0.697. The highest BCUT2D eigenvalue weighted by Crippen LogP contribution is 2.41. The predicted octanol–water partition coefficient (Wildman–Crippen LogP) is 0.689. The average Bonchev–Trinajstić information content (AvgIpc) is 2.52. The number of aliphatic hydroxyl groups is 1. The maximum absolute atomic E-state index is 9.98. The summed E-state index contributed by atoms with van der Waals surface area (Å²) in [6.07, 6.45) is -1.05. The summed E-state index contributed by atoms with van der Waals surface area (Å²) in [5, 5.41) is 25.2. The Balaban J connectivity index is 2.50. The first kappa shape index (κ1) is 16.1. The summed E-state index contributed by atoms with van der Waals surface area (Å²) in [5.74, 6) is 0.664. The van der Waals surface area contributed by atoms with E-state index >= 15 is 0 Å². The third kappa shape index (κ3) is 2.86. The van der Waals surface area contributed by atoms with E-state index in [2.05, 4.69) is 16.7 Å². The van der Waals surface area contributed by atoms with Crippen molar-refractivity contribution in [3.63, 3.8) is 0 Å². The van der Waals surface area contributed by atoms with Crippen molar-refractivity contribution in [3.05, 3.63) is 17.7 Å². The molecule has 0 saturated carbocycles. The van der Waals surface area contributed by atoms with Crippen LogP contribution in [0.3, 0.4) is 0 Å². The minimum atomic E-state index is -1.05. The van der Waals surface area contributed by atoms with Crippen LogP contribution in [0.25, 0.3) is 0 Å². The van der Waals surface area contributed by atoms with E-state index < -0.39 is 18.2 Å². The number of hydrogen-bond donors (Lipinski definition) is 3. The minimum absolute atomic E-state index is 0.276. The molecule has 1 aliphatic rings. The SMILES string of the molecule is COc1cc(C2NC(=S)NC(O)C2C#N)cc(OC)c1OC. The summed E-state index contributed by atoms with van der Waals surface area (Å²) in [5.41, 5.74) is 0.698. The first-order valence-corrected chi connectivity index (χ1v) is 6.91. The molecular formula is C14H17N3O4S. The molecule has 1 aromatic rings. The summed E-state index contributed by atoms with van der Waals surface area (Å²) >= 11 is 5.05. The standard InChI is InChI=1S/C14H17N3O4S/c1-19-9-4-7(5-10(20-2)12(9)21-3)11-8(6-15)13(18)17-14(22)16-11/h4-5,8,11,13,18H,1-3H3,(H2,16,17,22). The van der Waals surface area contributed by atoms with Crippen LogP contribution in [0, 0.1) is 17.2 Å². The zero-order valence-corrected chi connectivity index (χ0v) is 13.2. The van der Waals surface area contributed by atoms with Crippen molar-refractivity contribution in [1.82, 2.24) is 10.6 Å². The van der Waals surface area contributed by atoms with E-state index in [1.807, 2.05) is 0 Å². The summed E-state index contributed by atoms with van der Waals surface area (Å²) in [4.78, 5) is 0. The number of rotatable bonds is 4. The van der Waals surface area contributed by atoms with Crippen LogP contribution in [-0.2, 0) is 0 Å². The molecule has 0 aliphatic carbocycles. The van der Waals surface area contributed by atoms with Gasteiger partial charge in [-0.05, 0) is 29.9 Å². The smallest absolute Gasteiger partial charge is 0.203 e. The lowest BCUT2D eigenvalue weighted by Gasteiger charge is -2.35. The Kier molecular flexibility index (Phi) is 4.90. The molecule has 1 aliphatic heterocycles. The average molecular weight is 323 g/mol. The summed E-state index contributed by atoms with van der Waals surface area (Å²) in [7, 11) is 4.54. The Labute approximate surface area is 133 Å². The molecular weight excluding hydrogens is 306 g/mol. The first-order valence-electron chi connectivity index (χ1n) is 6.50. The Morgan fingerprint density at radius 3 is 2.18 bits per heavy atom. The van der Waals surface area contributed by atoms with E-state index in [4.69, 9.17) is 26.4 Å². The number of nitrogens with one attached hydrogen (secondary N) is 2. The molecule has 0 spiro atoms. The van der Waals surface area contributed by atoms with Gasteiger partial charge in [0.15, 0.2) is 16.6 Å². The molecule has 0 radical (unpaired) electrons. The van der Waals surface area contributed by atoms with Crippen molar-refractivity contribution in [2.75, 3.05) is 21.3 Å². The van der Waals surface area contributed by atoms with E-state index in [0.29, 0.717) is 22.8 Å². The van der Waals surface area contributed by atoms with Gasteiger partial charge in [0.2, 0.25) is 5.75 Å². The Morgan fingerprint density at radius 2 is 1.73 bits per heavy atom. The molecule has 3 unspecified atom stereocenters. The third-order valence-electron chi connectivity index (χ3n) is 3.46. The largest absolute Gasteiger partial charge is 0.493 e. The number of aliphatic hydroxyl groups excluding tert-OH is 1. The highest BCUT2D eigenvalue weighted by Gasteiger charge is 2.36. The van der Waals surface area contributed by atoms with Crippen LogP contribution >= 0.6 is 12.2 Å². The number of nitrogens with zero attached hydrogens (tertiary/aromatic N) is 1. The molecule has 2 rings (SSSR count). The lowest BCUT2D eigenvalue weighted by Crippen LogP contribution is -2.55. The van der Waals surface area contributed by atoms with E-state index in [9.17, 15) is 10.4 Å². The Hall–Kier alpha value is -2.24. The highest BCUT2D eigenvalue weighted by atomic mass is 32.1. The second-order valence-corrected chi connectivity index (χ2v) is 5.06. The third-order valence-corrected chi connectivity index (χ3v) is 3.70. The summed E-state index contributed by atoms with van der Waals surface area (Å²) in [6.45, 7) is 0. The minimum Gasteiger partial charge on any atom is -0.493 e. The van der Waals surface area contributed by atoms with Crippen molar-refractivity contribution < 1.29 is 19.3 Å². The summed E-state index contributed by atoms with van der Waals surface area (Å²) in [6, 6.07) is 5.03. The second kappa shape index (κ2) is 6.68. The molecule has 0 bridgehead atoms. The zero-order chi connectivity index (χ0) is 16.3. The molecule has 3 atom stereocenters. The first-order chi connectivity index (χ1) is 10.5. The normalized spacial score (nSPS) is 23.8. The van der Waals surface area contributed by atoms with E-state index in [0.717, 1.165) is 0 Å². The fourth-order valence-electron chi connectivity index (χ4n) is 2.40. The Morgan fingerprint density at radius 1 is 1.14 bits per heavy atom. The van der Waals surface area contributed by atoms with Gasteiger partial charge in [0, 0.05) is 0 Å². The molecule has 1 fully saturated rings. The van der Waals surface area contributed by atoms with Gasteiger partial charge < -0.3 is 30.0 Å². The topological polar surface area (TPSA) is 95.8 Å². The Bertz CT molecular complexity index is 592. The fourth-order valence-corrected chi connectivity index (χ4v) is 2.64. The molecule has 0 amide bonds. The van der Waals surface area contributed by atoms with Crippen LogP contribution in [-0.4, -0.2) is 37.8 Å². The number of hydrogen-bond acceptors (Lipinski definition) is 6. The van der Waals surface area contributed by atoms with Crippen LogP contribution < -0.4 is 24.8 Å². The molecule has 0 aromatic heterocycles. The molecule has 8 heteroatoms. The van der Waals surface area contributed by atoms with E-state index in [1.54, 1.807) is 12.1 Å². The van der Waals surface area contributed by atoms with Crippen LogP contribution in [0.2, 0.25) is 0 Å². The van der Waals surface area contributed by atoms with Crippen LogP contribution in [0.15, 0.2) is 12.1 Å². The molecule has 118 valence electrons. The van der Waals surface area contributed by atoms with Crippen molar-refractivity contribution in [2.45, 2.75) is 12.3 Å². The molecule has 7 nitrogen and oxygen atoms in total. The lowest BCUT2D eigenvalue weighted by atomic mass is 9.90. The number of thiocarbonyl (C=S) groups is 1. The van der Waals surface area contributed by atoms with Crippen LogP contribution in [0.5, 0.6) is 17.2 Å². The maximum Gasteiger partial charge on any atom is 0.203 e. The molecule has 22 heavy (non-hydrogen) atoms. The van der Waals surface area contributed by atoms with Crippen LogP contribution in [0.1, 0.15) is 11.6 Å². The van der Waals surface area contributed by atoms with E-state index in [-0.39, 0.29) is 5.11 Å².